The number of nitrogens with one attached hydrogen (secondary N) is 3. The number of nitrogens with two attached hydrogens (primary N) is 2. The van der Waals surface area contributed by atoms with Crippen LogP contribution in [0.25, 0.3) is 0 Å². The van der Waals surface area contributed by atoms with Crippen LogP contribution in [0.1, 0.15) is 12.0 Å². The molecule has 1 saturated heterocycles. The Morgan fingerprint density at radius 1 is 1.25 bits per heavy atom. The van der Waals surface area contributed by atoms with Crippen molar-refractivity contribution in [3.05, 3.63) is 23.8 Å². The summed E-state index contributed by atoms with van der Waals surface area (Å²) in [4.78, 5) is 33.8. The standard InChI is InChI=1S/C12H15N5O3/c13-7-2-1-6(3-8(7)14)5-15-10(18)4-9-11(19)17-12(20)16-9/h1-3,9H,4-5,13-14H2,(H,15,18)(H2,16,17,19,20). The molecule has 1 atom stereocenters. The van der Waals surface area contributed by atoms with Crippen LogP contribution in [0.2, 0.25) is 0 Å². The van der Waals surface area contributed by atoms with Gasteiger partial charge in [-0.3, -0.25) is 14.9 Å². The van der Waals surface area contributed by atoms with Crippen LogP contribution in [0.15, 0.2) is 18.2 Å². The fraction of sp³-hybridized carbons (Fsp3) is 0.250. The summed E-state index contributed by atoms with van der Waals surface area (Å²) in [6.07, 6.45) is -0.109. The second-order valence-corrected chi connectivity index (χ2v) is 4.46. The predicted molar refractivity (Wildman–Crippen MR) is 72.2 cm³/mol. The quantitative estimate of drug-likeness (QED) is 0.357. The van der Waals surface area contributed by atoms with E-state index in [-0.39, 0.29) is 18.9 Å². The first-order valence-electron chi connectivity index (χ1n) is 5.97. The number of anilines is 2. The summed E-state index contributed by atoms with van der Waals surface area (Å²) in [6.45, 7) is 0.269. The fourth-order valence-electron chi connectivity index (χ4n) is 1.80. The van der Waals surface area contributed by atoms with Gasteiger partial charge in [0.25, 0.3) is 5.91 Å². The molecular formula is C12H15N5O3. The van der Waals surface area contributed by atoms with E-state index in [2.05, 4.69) is 16.0 Å². The fourth-order valence-corrected chi connectivity index (χ4v) is 1.80. The van der Waals surface area contributed by atoms with Gasteiger partial charge in [0.05, 0.1) is 17.8 Å². The third kappa shape index (κ3) is 3.16. The molecule has 1 heterocycles. The average Bonchev–Trinajstić information content (AvgIpc) is 2.69. The van der Waals surface area contributed by atoms with Crippen LogP contribution in [0.4, 0.5) is 16.2 Å². The molecule has 1 aliphatic heterocycles. The zero-order valence-electron chi connectivity index (χ0n) is 10.6. The number of carbonyl (C=O) groups excluding carboxylic acids is 3. The molecule has 0 saturated carbocycles. The van der Waals surface area contributed by atoms with Crippen molar-refractivity contribution >= 4 is 29.2 Å². The average molecular weight is 277 g/mol. The molecule has 1 fully saturated rings. The molecule has 0 radical (unpaired) electrons. The molecular weight excluding hydrogens is 262 g/mol. The molecule has 0 aromatic heterocycles. The summed E-state index contributed by atoms with van der Waals surface area (Å²) >= 11 is 0. The number of nitrogen functional groups attached to an aromatic ring is 2. The number of rotatable bonds is 4. The summed E-state index contributed by atoms with van der Waals surface area (Å²) in [7, 11) is 0. The van der Waals surface area contributed by atoms with Crippen LogP contribution in [-0.4, -0.2) is 23.9 Å². The van der Waals surface area contributed by atoms with Gasteiger partial charge in [-0.25, -0.2) is 4.79 Å². The molecule has 1 unspecified atom stereocenters. The Labute approximate surface area is 114 Å². The Morgan fingerprint density at radius 3 is 2.60 bits per heavy atom. The zero-order valence-corrected chi connectivity index (χ0v) is 10.6. The van der Waals surface area contributed by atoms with E-state index < -0.39 is 18.0 Å². The lowest BCUT2D eigenvalue weighted by Gasteiger charge is -2.09. The van der Waals surface area contributed by atoms with Crippen LogP contribution in [0.5, 0.6) is 0 Å². The summed E-state index contributed by atoms with van der Waals surface area (Å²) in [6, 6.07) is 3.66. The molecule has 7 N–H and O–H groups in total. The molecule has 106 valence electrons. The van der Waals surface area contributed by atoms with Crippen LogP contribution >= 0.6 is 0 Å². The van der Waals surface area contributed by atoms with Gasteiger partial charge in [0.1, 0.15) is 6.04 Å². The van der Waals surface area contributed by atoms with Gasteiger partial charge in [0.2, 0.25) is 5.91 Å². The molecule has 20 heavy (non-hydrogen) atoms. The lowest BCUT2D eigenvalue weighted by molar-refractivity contribution is -0.126. The maximum Gasteiger partial charge on any atom is 0.322 e. The molecule has 4 amide bonds. The molecule has 8 heteroatoms. The van der Waals surface area contributed by atoms with Crippen molar-refractivity contribution in [3.63, 3.8) is 0 Å². The van der Waals surface area contributed by atoms with Crippen molar-refractivity contribution in [1.29, 1.82) is 0 Å². The molecule has 1 aliphatic rings. The van der Waals surface area contributed by atoms with E-state index in [1.807, 2.05) is 0 Å². The van der Waals surface area contributed by atoms with Crippen molar-refractivity contribution in [2.24, 2.45) is 0 Å². The Balaban J connectivity index is 1.84. The highest BCUT2D eigenvalue weighted by Gasteiger charge is 2.31. The van der Waals surface area contributed by atoms with Crippen LogP contribution in [0, 0.1) is 0 Å². The lowest BCUT2D eigenvalue weighted by Crippen LogP contribution is -2.36. The summed E-state index contributed by atoms with van der Waals surface area (Å²) in [5.74, 6) is -0.843. The van der Waals surface area contributed by atoms with Crippen molar-refractivity contribution in [2.45, 2.75) is 19.0 Å². The number of imide groups is 1. The molecule has 2 rings (SSSR count). The Bertz CT molecular complexity index is 572. The number of amides is 4. The first-order valence-corrected chi connectivity index (χ1v) is 5.97. The largest absolute Gasteiger partial charge is 0.397 e. The van der Waals surface area contributed by atoms with E-state index in [1.165, 1.54) is 0 Å². The van der Waals surface area contributed by atoms with Crippen LogP contribution in [-0.2, 0) is 16.1 Å². The first-order chi connectivity index (χ1) is 9.45. The maximum absolute atomic E-state index is 11.7. The van der Waals surface area contributed by atoms with Gasteiger partial charge in [-0.2, -0.15) is 0 Å². The van der Waals surface area contributed by atoms with Gasteiger partial charge in [-0.1, -0.05) is 6.07 Å². The maximum atomic E-state index is 11.7. The van der Waals surface area contributed by atoms with E-state index in [1.54, 1.807) is 18.2 Å². The van der Waals surface area contributed by atoms with E-state index in [9.17, 15) is 14.4 Å². The van der Waals surface area contributed by atoms with E-state index >= 15 is 0 Å². The Kier molecular flexibility index (Phi) is 3.74. The Hall–Kier alpha value is -2.77. The van der Waals surface area contributed by atoms with Crippen LogP contribution < -0.4 is 27.4 Å². The second kappa shape index (κ2) is 5.47. The zero-order chi connectivity index (χ0) is 14.7. The minimum Gasteiger partial charge on any atom is -0.397 e. The van der Waals surface area contributed by atoms with Crippen LogP contribution in [0.3, 0.4) is 0 Å². The predicted octanol–water partition coefficient (Wildman–Crippen LogP) is -0.935. The number of urea groups is 1. The van der Waals surface area contributed by atoms with Crippen molar-refractivity contribution in [2.75, 3.05) is 11.5 Å². The minimum absolute atomic E-state index is 0.109. The SMILES string of the molecule is Nc1ccc(CNC(=O)CC2NC(=O)NC2=O)cc1N. The molecule has 1 aromatic carbocycles. The summed E-state index contributed by atoms with van der Waals surface area (Å²) in [5.41, 5.74) is 13.0. The number of carbonyl (C=O) groups is 3. The van der Waals surface area contributed by atoms with Crippen molar-refractivity contribution in [1.82, 2.24) is 16.0 Å². The number of hydrogen-bond acceptors (Lipinski definition) is 5. The third-order valence-electron chi connectivity index (χ3n) is 2.89. The highest BCUT2D eigenvalue weighted by molar-refractivity contribution is 6.05. The second-order valence-electron chi connectivity index (χ2n) is 4.46. The lowest BCUT2D eigenvalue weighted by atomic mass is 10.1. The first kappa shape index (κ1) is 13.7. The molecule has 8 nitrogen and oxygen atoms in total. The third-order valence-corrected chi connectivity index (χ3v) is 2.89. The van der Waals surface area contributed by atoms with Crippen molar-refractivity contribution in [3.8, 4) is 0 Å². The van der Waals surface area contributed by atoms with Gasteiger partial charge < -0.3 is 22.1 Å². The van der Waals surface area contributed by atoms with E-state index in [4.69, 9.17) is 11.5 Å². The van der Waals surface area contributed by atoms with Gasteiger partial charge >= 0.3 is 6.03 Å². The molecule has 1 aromatic rings. The highest BCUT2D eigenvalue weighted by atomic mass is 16.2. The number of benzene rings is 1. The summed E-state index contributed by atoms with van der Waals surface area (Å²) in [5, 5.41) is 7.05. The van der Waals surface area contributed by atoms with Gasteiger partial charge in [-0.15, -0.1) is 0 Å². The van der Waals surface area contributed by atoms with E-state index in [0.717, 1.165) is 5.56 Å². The van der Waals surface area contributed by atoms with Gasteiger partial charge in [0.15, 0.2) is 0 Å². The highest BCUT2D eigenvalue weighted by Crippen LogP contribution is 2.15. The Morgan fingerprint density at radius 2 is 2.00 bits per heavy atom. The van der Waals surface area contributed by atoms with Gasteiger partial charge in [0, 0.05) is 6.54 Å². The monoisotopic (exact) mass is 277 g/mol. The smallest absolute Gasteiger partial charge is 0.322 e. The van der Waals surface area contributed by atoms with Gasteiger partial charge in [-0.05, 0) is 17.7 Å². The topological polar surface area (TPSA) is 139 Å². The minimum atomic E-state index is -0.820. The summed E-state index contributed by atoms with van der Waals surface area (Å²) < 4.78 is 0. The molecule has 0 spiro atoms. The van der Waals surface area contributed by atoms with E-state index in [0.29, 0.717) is 11.4 Å². The molecule has 0 bridgehead atoms. The number of hydrogen-bond donors (Lipinski definition) is 5. The van der Waals surface area contributed by atoms with Crippen molar-refractivity contribution < 1.29 is 14.4 Å². The molecule has 0 aliphatic carbocycles. The normalized spacial score (nSPS) is 17.5.